The zero-order chi connectivity index (χ0) is 15.6. The van der Waals surface area contributed by atoms with Crippen molar-refractivity contribution in [1.82, 2.24) is 5.32 Å². The summed E-state index contributed by atoms with van der Waals surface area (Å²) in [5, 5.41) is 5.46. The predicted octanol–water partition coefficient (Wildman–Crippen LogP) is 2.76. The van der Waals surface area contributed by atoms with E-state index in [4.69, 9.17) is 0 Å². The van der Waals surface area contributed by atoms with Gasteiger partial charge in [0.1, 0.15) is 6.42 Å². The van der Waals surface area contributed by atoms with E-state index in [9.17, 15) is 9.59 Å². The van der Waals surface area contributed by atoms with Crippen LogP contribution >= 0.6 is 0 Å². The molecule has 2 aromatic rings. The number of hydrogen-bond donors (Lipinski definition) is 2. The molecule has 0 aliphatic rings. The molecular weight excluding hydrogens is 276 g/mol. The van der Waals surface area contributed by atoms with Gasteiger partial charge >= 0.3 is 0 Å². The lowest BCUT2D eigenvalue weighted by Crippen LogP contribution is -2.29. The Kier molecular flexibility index (Phi) is 6.18. The van der Waals surface area contributed by atoms with Gasteiger partial charge in [-0.05, 0) is 30.5 Å². The second-order valence-corrected chi connectivity index (χ2v) is 5.03. The molecule has 4 heteroatoms. The third-order valence-corrected chi connectivity index (χ3v) is 3.19. The first-order valence-electron chi connectivity index (χ1n) is 7.39. The molecule has 2 aromatic carbocycles. The maximum absolute atomic E-state index is 11.7. The van der Waals surface area contributed by atoms with Crippen molar-refractivity contribution in [3.05, 3.63) is 66.2 Å². The van der Waals surface area contributed by atoms with Crippen LogP contribution in [0, 0.1) is 0 Å². The number of hydrogen-bond acceptors (Lipinski definition) is 2. The van der Waals surface area contributed by atoms with Crippen molar-refractivity contribution in [2.45, 2.75) is 19.3 Å². The lowest BCUT2D eigenvalue weighted by molar-refractivity contribution is -0.126. The Balaban J connectivity index is 1.62. The van der Waals surface area contributed by atoms with Gasteiger partial charge in [0.15, 0.2) is 0 Å². The molecule has 4 nitrogen and oxygen atoms in total. The highest BCUT2D eigenvalue weighted by atomic mass is 16.2. The minimum atomic E-state index is -0.299. The molecule has 0 saturated heterocycles. The fraction of sp³-hybridized carbons (Fsp3) is 0.222. The summed E-state index contributed by atoms with van der Waals surface area (Å²) in [4.78, 5) is 23.4. The number of rotatable bonds is 7. The van der Waals surface area contributed by atoms with Crippen LogP contribution in [0.1, 0.15) is 18.4 Å². The first-order valence-corrected chi connectivity index (χ1v) is 7.39. The number of amides is 2. The van der Waals surface area contributed by atoms with Gasteiger partial charge < -0.3 is 10.6 Å². The normalized spacial score (nSPS) is 10.0. The van der Waals surface area contributed by atoms with Gasteiger partial charge in [-0.1, -0.05) is 48.5 Å². The van der Waals surface area contributed by atoms with Crippen molar-refractivity contribution in [3.8, 4) is 0 Å². The van der Waals surface area contributed by atoms with E-state index in [0.717, 1.165) is 12.8 Å². The molecule has 0 unspecified atom stereocenters. The zero-order valence-electron chi connectivity index (χ0n) is 12.4. The van der Waals surface area contributed by atoms with E-state index in [1.165, 1.54) is 5.56 Å². The second kappa shape index (κ2) is 8.62. The topological polar surface area (TPSA) is 58.2 Å². The molecule has 0 saturated carbocycles. The molecular formula is C18H20N2O2. The third-order valence-electron chi connectivity index (χ3n) is 3.19. The highest BCUT2D eigenvalue weighted by Gasteiger charge is 2.08. The predicted molar refractivity (Wildman–Crippen MR) is 87.5 cm³/mol. The van der Waals surface area contributed by atoms with E-state index < -0.39 is 0 Å². The van der Waals surface area contributed by atoms with Gasteiger partial charge in [0.2, 0.25) is 11.8 Å². The molecule has 2 N–H and O–H groups in total. The van der Waals surface area contributed by atoms with Crippen LogP contribution in [0.5, 0.6) is 0 Å². The van der Waals surface area contributed by atoms with Gasteiger partial charge in [0.25, 0.3) is 0 Å². The number of benzene rings is 2. The summed E-state index contributed by atoms with van der Waals surface area (Å²) in [6, 6.07) is 19.2. The highest BCUT2D eigenvalue weighted by molar-refractivity contribution is 6.03. The van der Waals surface area contributed by atoms with E-state index in [2.05, 4.69) is 22.8 Å². The standard InChI is InChI=1S/C18H20N2O2/c21-17(14-18(22)20-16-11-5-2-6-12-16)19-13-7-10-15-8-3-1-4-9-15/h1-6,8-9,11-12H,7,10,13-14H2,(H,19,21)(H,20,22). The van der Waals surface area contributed by atoms with Crippen LogP contribution in [0.15, 0.2) is 60.7 Å². The zero-order valence-corrected chi connectivity index (χ0v) is 12.4. The van der Waals surface area contributed by atoms with Crippen LogP contribution in [-0.2, 0) is 16.0 Å². The van der Waals surface area contributed by atoms with Crippen LogP contribution in [0.25, 0.3) is 0 Å². The Morgan fingerprint density at radius 1 is 0.818 bits per heavy atom. The summed E-state index contributed by atoms with van der Waals surface area (Å²) in [7, 11) is 0. The average molecular weight is 296 g/mol. The molecule has 0 spiro atoms. The SMILES string of the molecule is O=C(CC(=O)Nc1ccccc1)NCCCc1ccccc1. The smallest absolute Gasteiger partial charge is 0.233 e. The summed E-state index contributed by atoms with van der Waals surface area (Å²) in [6.45, 7) is 0.576. The van der Waals surface area contributed by atoms with Gasteiger partial charge in [-0.15, -0.1) is 0 Å². The molecule has 0 fully saturated rings. The van der Waals surface area contributed by atoms with E-state index in [1.54, 1.807) is 12.1 Å². The summed E-state index contributed by atoms with van der Waals surface area (Å²) < 4.78 is 0. The average Bonchev–Trinajstić information content (AvgIpc) is 2.53. The van der Waals surface area contributed by atoms with Gasteiger partial charge in [-0.2, -0.15) is 0 Å². The summed E-state index contributed by atoms with van der Waals surface area (Å²) in [5.74, 6) is -0.548. The lowest BCUT2D eigenvalue weighted by atomic mass is 10.1. The second-order valence-electron chi connectivity index (χ2n) is 5.03. The molecule has 0 atom stereocenters. The molecule has 0 aromatic heterocycles. The Morgan fingerprint density at radius 3 is 2.14 bits per heavy atom. The number of carbonyl (C=O) groups is 2. The Labute approximate surface area is 130 Å². The maximum atomic E-state index is 11.7. The fourth-order valence-corrected chi connectivity index (χ4v) is 2.10. The summed E-state index contributed by atoms with van der Waals surface area (Å²) in [5.41, 5.74) is 1.95. The molecule has 114 valence electrons. The fourth-order valence-electron chi connectivity index (χ4n) is 2.10. The first kappa shape index (κ1) is 15.8. The third kappa shape index (κ3) is 5.79. The van der Waals surface area contributed by atoms with Crippen molar-refractivity contribution in [2.75, 3.05) is 11.9 Å². The molecule has 2 rings (SSSR count). The molecule has 0 radical (unpaired) electrons. The maximum Gasteiger partial charge on any atom is 0.233 e. The van der Waals surface area contributed by atoms with Gasteiger partial charge in [-0.3, -0.25) is 9.59 Å². The number of aryl methyl sites for hydroxylation is 1. The summed E-state index contributed by atoms with van der Waals surface area (Å²) in [6.07, 6.45) is 1.62. The molecule has 0 aliphatic carbocycles. The van der Waals surface area contributed by atoms with Crippen molar-refractivity contribution in [1.29, 1.82) is 0 Å². The van der Waals surface area contributed by atoms with Crippen LogP contribution in [0.4, 0.5) is 5.69 Å². The monoisotopic (exact) mass is 296 g/mol. The van der Waals surface area contributed by atoms with Crippen LogP contribution in [-0.4, -0.2) is 18.4 Å². The van der Waals surface area contributed by atoms with Crippen molar-refractivity contribution in [3.63, 3.8) is 0 Å². The largest absolute Gasteiger partial charge is 0.356 e. The quantitative estimate of drug-likeness (QED) is 0.610. The Hall–Kier alpha value is -2.62. The number of anilines is 1. The van der Waals surface area contributed by atoms with Crippen molar-refractivity contribution < 1.29 is 9.59 Å². The van der Waals surface area contributed by atoms with Gasteiger partial charge in [-0.25, -0.2) is 0 Å². The van der Waals surface area contributed by atoms with Crippen molar-refractivity contribution >= 4 is 17.5 Å². The van der Waals surface area contributed by atoms with E-state index in [0.29, 0.717) is 12.2 Å². The van der Waals surface area contributed by atoms with Gasteiger partial charge in [0, 0.05) is 12.2 Å². The van der Waals surface area contributed by atoms with E-state index >= 15 is 0 Å². The van der Waals surface area contributed by atoms with E-state index in [-0.39, 0.29) is 18.2 Å². The molecule has 0 heterocycles. The summed E-state index contributed by atoms with van der Waals surface area (Å²) >= 11 is 0. The first-order chi connectivity index (χ1) is 10.7. The highest BCUT2D eigenvalue weighted by Crippen LogP contribution is 2.05. The molecule has 22 heavy (non-hydrogen) atoms. The Bertz CT molecular complexity index is 597. The Morgan fingerprint density at radius 2 is 1.45 bits per heavy atom. The minimum Gasteiger partial charge on any atom is -0.356 e. The van der Waals surface area contributed by atoms with Crippen molar-refractivity contribution in [2.24, 2.45) is 0 Å². The van der Waals surface area contributed by atoms with Crippen LogP contribution in [0.3, 0.4) is 0 Å². The molecule has 0 aliphatic heterocycles. The molecule has 0 bridgehead atoms. The van der Waals surface area contributed by atoms with Crippen LogP contribution < -0.4 is 10.6 Å². The van der Waals surface area contributed by atoms with Crippen LogP contribution in [0.2, 0.25) is 0 Å². The minimum absolute atomic E-state index is 0.153. The van der Waals surface area contributed by atoms with E-state index in [1.807, 2.05) is 36.4 Å². The number of carbonyl (C=O) groups excluding carboxylic acids is 2. The van der Waals surface area contributed by atoms with Gasteiger partial charge in [0.05, 0.1) is 0 Å². The number of para-hydroxylation sites is 1. The number of nitrogens with one attached hydrogen (secondary N) is 2. The lowest BCUT2D eigenvalue weighted by Gasteiger charge is -2.06. The molecule has 2 amide bonds.